The zero-order chi connectivity index (χ0) is 19.3. The van der Waals surface area contributed by atoms with Crippen molar-refractivity contribution in [2.75, 3.05) is 13.1 Å². The Hall–Kier alpha value is -3.15. The van der Waals surface area contributed by atoms with Crippen LogP contribution in [0.5, 0.6) is 0 Å². The maximum Gasteiger partial charge on any atom is 0.227 e. The van der Waals surface area contributed by atoms with Gasteiger partial charge in [0.25, 0.3) is 0 Å². The molecule has 4 rings (SSSR count). The SMILES string of the molecule is O=C(Cc1cccnc1)N1CCC[C@H](c2nccnc2-c2ccc(F)cc2)C1. The first-order valence-corrected chi connectivity index (χ1v) is 9.44. The van der Waals surface area contributed by atoms with Crippen molar-refractivity contribution in [3.8, 4) is 11.3 Å². The maximum atomic E-state index is 13.3. The highest BCUT2D eigenvalue weighted by Crippen LogP contribution is 2.32. The number of piperidine rings is 1. The third-order valence-corrected chi connectivity index (χ3v) is 5.08. The Morgan fingerprint density at radius 3 is 2.71 bits per heavy atom. The molecule has 0 spiro atoms. The van der Waals surface area contributed by atoms with Gasteiger partial charge in [-0.15, -0.1) is 0 Å². The number of likely N-dealkylation sites (tertiary alicyclic amines) is 1. The third-order valence-electron chi connectivity index (χ3n) is 5.08. The average molecular weight is 376 g/mol. The summed E-state index contributed by atoms with van der Waals surface area (Å²) in [6.45, 7) is 1.37. The molecule has 0 radical (unpaired) electrons. The first kappa shape index (κ1) is 18.2. The van der Waals surface area contributed by atoms with Crippen molar-refractivity contribution in [1.82, 2.24) is 19.9 Å². The molecule has 0 bridgehead atoms. The standard InChI is InChI=1S/C22H21FN4O/c23-19-7-5-17(6-8-19)21-22(26-11-10-25-21)18-4-2-12-27(15-18)20(28)13-16-3-1-9-24-14-16/h1,3,5-11,14,18H,2,4,12-13,15H2/t18-/m0/s1. The second kappa shape index (κ2) is 8.25. The van der Waals surface area contributed by atoms with Gasteiger partial charge in [-0.1, -0.05) is 6.07 Å². The highest BCUT2D eigenvalue weighted by molar-refractivity contribution is 5.79. The predicted molar refractivity (Wildman–Crippen MR) is 104 cm³/mol. The topological polar surface area (TPSA) is 59.0 Å². The summed E-state index contributed by atoms with van der Waals surface area (Å²) in [4.78, 5) is 27.8. The molecular formula is C22H21FN4O. The number of hydrogen-bond acceptors (Lipinski definition) is 4. The van der Waals surface area contributed by atoms with E-state index in [1.165, 1.54) is 12.1 Å². The summed E-state index contributed by atoms with van der Waals surface area (Å²) in [7, 11) is 0. The van der Waals surface area contributed by atoms with Crippen LogP contribution in [-0.4, -0.2) is 38.8 Å². The smallest absolute Gasteiger partial charge is 0.227 e. The first-order chi connectivity index (χ1) is 13.7. The van der Waals surface area contributed by atoms with Gasteiger partial charge in [-0.2, -0.15) is 0 Å². The number of carbonyl (C=O) groups is 1. The number of halogens is 1. The van der Waals surface area contributed by atoms with Gasteiger partial charge in [0.15, 0.2) is 0 Å². The largest absolute Gasteiger partial charge is 0.342 e. The van der Waals surface area contributed by atoms with E-state index in [-0.39, 0.29) is 17.6 Å². The highest BCUT2D eigenvalue weighted by Gasteiger charge is 2.28. The van der Waals surface area contributed by atoms with Crippen molar-refractivity contribution in [3.05, 3.63) is 78.3 Å². The highest BCUT2D eigenvalue weighted by atomic mass is 19.1. The number of rotatable bonds is 4. The van der Waals surface area contributed by atoms with E-state index < -0.39 is 0 Å². The molecule has 0 aliphatic carbocycles. The van der Waals surface area contributed by atoms with E-state index in [9.17, 15) is 9.18 Å². The lowest BCUT2D eigenvalue weighted by molar-refractivity contribution is -0.131. The lowest BCUT2D eigenvalue weighted by Gasteiger charge is -2.33. The minimum atomic E-state index is -0.279. The summed E-state index contributed by atoms with van der Waals surface area (Å²) in [5, 5.41) is 0. The van der Waals surface area contributed by atoms with Gasteiger partial charge in [0.05, 0.1) is 17.8 Å². The van der Waals surface area contributed by atoms with E-state index in [0.29, 0.717) is 13.0 Å². The van der Waals surface area contributed by atoms with Gasteiger partial charge < -0.3 is 4.90 Å². The fourth-order valence-corrected chi connectivity index (χ4v) is 3.69. The van der Waals surface area contributed by atoms with Crippen LogP contribution in [0.2, 0.25) is 0 Å². The van der Waals surface area contributed by atoms with Crippen LogP contribution in [-0.2, 0) is 11.2 Å². The molecule has 1 fully saturated rings. The average Bonchev–Trinajstić information content (AvgIpc) is 2.75. The Balaban J connectivity index is 1.54. The molecule has 0 N–H and O–H groups in total. The molecule has 0 unspecified atom stereocenters. The number of carbonyl (C=O) groups excluding carboxylic acids is 1. The lowest BCUT2D eigenvalue weighted by Crippen LogP contribution is -2.40. The van der Waals surface area contributed by atoms with Crippen LogP contribution >= 0.6 is 0 Å². The quantitative estimate of drug-likeness (QED) is 0.698. The van der Waals surface area contributed by atoms with Crippen molar-refractivity contribution in [2.24, 2.45) is 0 Å². The summed E-state index contributed by atoms with van der Waals surface area (Å²) < 4.78 is 13.3. The van der Waals surface area contributed by atoms with E-state index in [2.05, 4.69) is 15.0 Å². The fraction of sp³-hybridized carbons (Fsp3) is 0.273. The zero-order valence-corrected chi connectivity index (χ0v) is 15.5. The van der Waals surface area contributed by atoms with Crippen LogP contribution in [0.4, 0.5) is 4.39 Å². The van der Waals surface area contributed by atoms with E-state index in [0.717, 1.165) is 41.9 Å². The van der Waals surface area contributed by atoms with E-state index in [1.807, 2.05) is 17.0 Å². The minimum absolute atomic E-state index is 0.102. The molecule has 1 aliphatic rings. The van der Waals surface area contributed by atoms with Crippen molar-refractivity contribution in [2.45, 2.75) is 25.2 Å². The van der Waals surface area contributed by atoms with Crippen LogP contribution in [0.15, 0.2) is 61.2 Å². The molecule has 1 amide bonds. The molecule has 3 aromatic rings. The molecule has 28 heavy (non-hydrogen) atoms. The monoisotopic (exact) mass is 376 g/mol. The Bertz CT molecular complexity index is 946. The molecule has 1 aliphatic heterocycles. The molecule has 1 atom stereocenters. The Kier molecular flexibility index (Phi) is 5.37. The second-order valence-electron chi connectivity index (χ2n) is 7.01. The number of amides is 1. The number of benzene rings is 1. The van der Waals surface area contributed by atoms with Crippen molar-refractivity contribution < 1.29 is 9.18 Å². The van der Waals surface area contributed by atoms with Gasteiger partial charge in [0.1, 0.15) is 5.82 Å². The fourth-order valence-electron chi connectivity index (χ4n) is 3.69. The predicted octanol–water partition coefficient (Wildman–Crippen LogP) is 3.63. The van der Waals surface area contributed by atoms with E-state index >= 15 is 0 Å². The number of nitrogens with zero attached hydrogens (tertiary/aromatic N) is 4. The summed E-state index contributed by atoms with van der Waals surface area (Å²) in [6.07, 6.45) is 8.98. The number of aromatic nitrogens is 3. The van der Waals surface area contributed by atoms with Crippen molar-refractivity contribution in [3.63, 3.8) is 0 Å². The lowest BCUT2D eigenvalue weighted by atomic mass is 9.91. The van der Waals surface area contributed by atoms with Crippen LogP contribution in [0.3, 0.4) is 0 Å². The summed E-state index contributed by atoms with van der Waals surface area (Å²) >= 11 is 0. The van der Waals surface area contributed by atoms with E-state index in [4.69, 9.17) is 0 Å². The normalized spacial score (nSPS) is 16.8. The molecule has 6 heteroatoms. The second-order valence-corrected chi connectivity index (χ2v) is 7.01. The van der Waals surface area contributed by atoms with Crippen LogP contribution < -0.4 is 0 Å². The summed E-state index contributed by atoms with van der Waals surface area (Å²) in [6, 6.07) is 10.1. The molecule has 2 aromatic heterocycles. The van der Waals surface area contributed by atoms with Gasteiger partial charge >= 0.3 is 0 Å². The van der Waals surface area contributed by atoms with Crippen molar-refractivity contribution in [1.29, 1.82) is 0 Å². The summed E-state index contributed by atoms with van der Waals surface area (Å²) in [5.41, 5.74) is 3.38. The molecule has 1 saturated heterocycles. The van der Waals surface area contributed by atoms with Gasteiger partial charge in [-0.05, 0) is 48.7 Å². The molecule has 1 aromatic carbocycles. The Labute approximate surface area is 163 Å². The maximum absolute atomic E-state index is 13.3. The van der Waals surface area contributed by atoms with Gasteiger partial charge in [0, 0.05) is 49.4 Å². The molecule has 3 heterocycles. The number of pyridine rings is 1. The molecule has 0 saturated carbocycles. The van der Waals surface area contributed by atoms with Crippen LogP contribution in [0.25, 0.3) is 11.3 Å². The van der Waals surface area contributed by atoms with Gasteiger partial charge in [-0.25, -0.2) is 4.39 Å². The Morgan fingerprint density at radius 1 is 1.11 bits per heavy atom. The van der Waals surface area contributed by atoms with Crippen LogP contribution in [0, 0.1) is 5.82 Å². The zero-order valence-electron chi connectivity index (χ0n) is 15.5. The third kappa shape index (κ3) is 4.06. The first-order valence-electron chi connectivity index (χ1n) is 9.44. The molecular weight excluding hydrogens is 355 g/mol. The molecule has 142 valence electrons. The van der Waals surface area contributed by atoms with Gasteiger partial charge in [-0.3, -0.25) is 19.7 Å². The molecule has 5 nitrogen and oxygen atoms in total. The van der Waals surface area contributed by atoms with E-state index in [1.54, 1.807) is 36.9 Å². The Morgan fingerprint density at radius 2 is 1.93 bits per heavy atom. The minimum Gasteiger partial charge on any atom is -0.342 e. The van der Waals surface area contributed by atoms with Crippen molar-refractivity contribution >= 4 is 5.91 Å². The number of hydrogen-bond donors (Lipinski definition) is 0. The van der Waals surface area contributed by atoms with Gasteiger partial charge in [0.2, 0.25) is 5.91 Å². The summed E-state index contributed by atoms with van der Waals surface area (Å²) in [5.74, 6) is -0.0655. The van der Waals surface area contributed by atoms with Crippen LogP contribution in [0.1, 0.15) is 30.0 Å².